The molecule has 1 aliphatic rings. The smallest absolute Gasteiger partial charge is 0.358 e. The largest absolute Gasteiger partial charge is 0.476 e. The van der Waals surface area contributed by atoms with Gasteiger partial charge in [0.15, 0.2) is 5.69 Å². The van der Waals surface area contributed by atoms with E-state index in [-0.39, 0.29) is 11.6 Å². The van der Waals surface area contributed by atoms with Gasteiger partial charge >= 0.3 is 5.97 Å². The van der Waals surface area contributed by atoms with Gasteiger partial charge in [-0.3, -0.25) is 0 Å². The summed E-state index contributed by atoms with van der Waals surface area (Å²) in [5, 5.41) is 17.2. The molecular weight excluding hydrogens is 290 g/mol. The van der Waals surface area contributed by atoms with Crippen molar-refractivity contribution in [3.05, 3.63) is 66.0 Å². The lowest BCUT2D eigenvalue weighted by Gasteiger charge is -2.07. The van der Waals surface area contributed by atoms with Gasteiger partial charge in [-0.25, -0.2) is 9.48 Å². The van der Waals surface area contributed by atoms with Crippen LogP contribution in [0.4, 0.5) is 0 Å². The zero-order valence-corrected chi connectivity index (χ0v) is 12.4. The summed E-state index contributed by atoms with van der Waals surface area (Å²) in [6.45, 7) is 0. The van der Waals surface area contributed by atoms with Gasteiger partial charge in [0.2, 0.25) is 0 Å². The highest BCUT2D eigenvalue weighted by atomic mass is 16.4. The van der Waals surface area contributed by atoms with Crippen LogP contribution in [0.25, 0.3) is 16.8 Å². The van der Waals surface area contributed by atoms with Crippen LogP contribution in [0.1, 0.15) is 34.9 Å². The van der Waals surface area contributed by atoms with E-state index in [2.05, 4.69) is 22.4 Å². The van der Waals surface area contributed by atoms with Gasteiger partial charge in [0.05, 0.1) is 11.4 Å². The van der Waals surface area contributed by atoms with E-state index in [0.29, 0.717) is 5.69 Å². The number of carboxylic acids is 1. The van der Waals surface area contributed by atoms with Crippen LogP contribution in [0.3, 0.4) is 0 Å². The molecule has 1 N–H and O–H groups in total. The molecule has 5 nitrogen and oxygen atoms in total. The summed E-state index contributed by atoms with van der Waals surface area (Å²) >= 11 is 0. The Labute approximate surface area is 133 Å². The van der Waals surface area contributed by atoms with Gasteiger partial charge in [-0.05, 0) is 36.1 Å². The molecule has 4 rings (SSSR count). The molecule has 0 bridgehead atoms. The Balaban J connectivity index is 1.73. The van der Waals surface area contributed by atoms with E-state index in [9.17, 15) is 9.90 Å². The fraction of sp³-hybridized carbons (Fsp3) is 0.167. The minimum Gasteiger partial charge on any atom is -0.476 e. The summed E-state index contributed by atoms with van der Waals surface area (Å²) in [7, 11) is 0. The van der Waals surface area contributed by atoms with Crippen LogP contribution in [0, 0.1) is 0 Å². The van der Waals surface area contributed by atoms with Crippen molar-refractivity contribution in [2.75, 3.05) is 0 Å². The lowest BCUT2D eigenvalue weighted by atomic mass is 10.1. The first-order chi connectivity index (χ1) is 11.2. The summed E-state index contributed by atoms with van der Waals surface area (Å²) < 4.78 is 1.66. The van der Waals surface area contributed by atoms with Crippen LogP contribution in [-0.2, 0) is 0 Å². The van der Waals surface area contributed by atoms with Gasteiger partial charge in [-0.15, -0.1) is 5.10 Å². The number of nitrogens with zero attached hydrogens (tertiary/aromatic N) is 3. The second-order valence-electron chi connectivity index (χ2n) is 5.73. The normalized spacial score (nSPS) is 13.9. The van der Waals surface area contributed by atoms with E-state index in [1.165, 1.54) is 0 Å². The molecule has 2 aromatic carbocycles. The van der Waals surface area contributed by atoms with Gasteiger partial charge in [0.25, 0.3) is 0 Å². The van der Waals surface area contributed by atoms with Crippen molar-refractivity contribution in [3.8, 4) is 16.8 Å². The molecule has 23 heavy (non-hydrogen) atoms. The fourth-order valence-electron chi connectivity index (χ4n) is 2.78. The number of aromatic nitrogens is 3. The predicted molar refractivity (Wildman–Crippen MR) is 85.7 cm³/mol. The van der Waals surface area contributed by atoms with Gasteiger partial charge in [-0.1, -0.05) is 47.7 Å². The maximum atomic E-state index is 11.3. The first-order valence-corrected chi connectivity index (χ1v) is 7.59. The minimum atomic E-state index is -1.01. The number of carboxylic acid groups (broad SMARTS) is 1. The maximum absolute atomic E-state index is 11.3. The summed E-state index contributed by atoms with van der Waals surface area (Å²) in [5.41, 5.74) is 3.88. The van der Waals surface area contributed by atoms with Crippen LogP contribution in [-0.4, -0.2) is 26.1 Å². The number of rotatable bonds is 4. The molecule has 0 saturated heterocycles. The summed E-state index contributed by atoms with van der Waals surface area (Å²) in [6.07, 6.45) is 1.99. The lowest BCUT2D eigenvalue weighted by Crippen LogP contribution is -2.05. The molecule has 0 unspecified atom stereocenters. The molecule has 1 aliphatic carbocycles. The quantitative estimate of drug-likeness (QED) is 0.801. The van der Waals surface area contributed by atoms with Crippen molar-refractivity contribution in [2.45, 2.75) is 18.8 Å². The molecule has 0 amide bonds. The maximum Gasteiger partial charge on any atom is 0.358 e. The predicted octanol–water partition coefficient (Wildman–Crippen LogP) is 3.51. The molecule has 5 heteroatoms. The Kier molecular flexibility index (Phi) is 3.19. The van der Waals surface area contributed by atoms with Crippen molar-refractivity contribution in [1.82, 2.24) is 15.0 Å². The lowest BCUT2D eigenvalue weighted by molar-refractivity contribution is 0.0689. The van der Waals surface area contributed by atoms with Gasteiger partial charge in [0, 0.05) is 5.92 Å². The molecule has 3 aromatic rings. The highest BCUT2D eigenvalue weighted by molar-refractivity contribution is 5.87. The van der Waals surface area contributed by atoms with E-state index in [1.807, 2.05) is 42.5 Å². The van der Waals surface area contributed by atoms with Crippen LogP contribution in [0.5, 0.6) is 0 Å². The topological polar surface area (TPSA) is 68.0 Å². The van der Waals surface area contributed by atoms with E-state index in [0.717, 1.165) is 29.7 Å². The number of hydrogen-bond donors (Lipinski definition) is 1. The van der Waals surface area contributed by atoms with Crippen molar-refractivity contribution in [3.63, 3.8) is 0 Å². The zero-order valence-electron chi connectivity index (χ0n) is 12.4. The van der Waals surface area contributed by atoms with Gasteiger partial charge in [-0.2, -0.15) is 0 Å². The molecular formula is C18H15N3O2. The standard InChI is InChI=1S/C18H15N3O2/c22-18(23)16-17(14-6-7-14)21(20-19-16)15-10-8-13(9-11-15)12-4-2-1-3-5-12/h1-5,8-11,14H,6-7H2,(H,22,23). The second kappa shape index (κ2) is 5.35. The van der Waals surface area contributed by atoms with Crippen molar-refractivity contribution in [2.24, 2.45) is 0 Å². The first-order valence-electron chi connectivity index (χ1n) is 7.59. The third-order valence-electron chi connectivity index (χ3n) is 4.09. The first kappa shape index (κ1) is 13.7. The third kappa shape index (κ3) is 2.50. The summed E-state index contributed by atoms with van der Waals surface area (Å²) in [6, 6.07) is 18.1. The highest BCUT2D eigenvalue weighted by Gasteiger charge is 2.34. The molecule has 114 valence electrons. The second-order valence-corrected chi connectivity index (χ2v) is 5.73. The summed E-state index contributed by atoms with van der Waals surface area (Å²) in [4.78, 5) is 11.3. The SMILES string of the molecule is O=C(O)c1nnn(-c2ccc(-c3ccccc3)cc2)c1C1CC1. The number of hydrogen-bond acceptors (Lipinski definition) is 3. The Morgan fingerprint density at radius 1 is 1.00 bits per heavy atom. The van der Waals surface area contributed by atoms with E-state index >= 15 is 0 Å². The van der Waals surface area contributed by atoms with Crippen molar-refractivity contribution < 1.29 is 9.90 Å². The van der Waals surface area contributed by atoms with Crippen molar-refractivity contribution >= 4 is 5.97 Å². The Morgan fingerprint density at radius 3 is 2.26 bits per heavy atom. The van der Waals surface area contributed by atoms with Crippen LogP contribution in [0.15, 0.2) is 54.6 Å². The zero-order chi connectivity index (χ0) is 15.8. The van der Waals surface area contributed by atoms with E-state index in [1.54, 1.807) is 4.68 Å². The molecule has 1 heterocycles. The molecule has 0 spiro atoms. The van der Waals surface area contributed by atoms with Gasteiger partial charge < -0.3 is 5.11 Å². The average molecular weight is 305 g/mol. The third-order valence-corrected chi connectivity index (χ3v) is 4.09. The van der Waals surface area contributed by atoms with Crippen LogP contribution in [0.2, 0.25) is 0 Å². The summed E-state index contributed by atoms with van der Waals surface area (Å²) in [5.74, 6) is -0.760. The van der Waals surface area contributed by atoms with Gasteiger partial charge in [0.1, 0.15) is 0 Å². The molecule has 0 atom stereocenters. The number of carbonyl (C=O) groups is 1. The molecule has 0 aliphatic heterocycles. The monoisotopic (exact) mass is 305 g/mol. The Morgan fingerprint density at radius 2 is 1.65 bits per heavy atom. The highest BCUT2D eigenvalue weighted by Crippen LogP contribution is 2.42. The average Bonchev–Trinajstić information content (AvgIpc) is 3.33. The van der Waals surface area contributed by atoms with Crippen molar-refractivity contribution in [1.29, 1.82) is 0 Å². The van der Waals surface area contributed by atoms with E-state index in [4.69, 9.17) is 0 Å². The van der Waals surface area contributed by atoms with Crippen LogP contribution < -0.4 is 0 Å². The molecule has 1 aromatic heterocycles. The minimum absolute atomic E-state index is 0.0691. The Bertz CT molecular complexity index is 850. The molecule has 1 fully saturated rings. The molecule has 1 saturated carbocycles. The Hall–Kier alpha value is -2.95. The fourth-order valence-corrected chi connectivity index (χ4v) is 2.78. The number of benzene rings is 2. The molecule has 0 radical (unpaired) electrons. The number of aromatic carboxylic acids is 1. The van der Waals surface area contributed by atoms with Crippen LogP contribution >= 0.6 is 0 Å². The van der Waals surface area contributed by atoms with E-state index < -0.39 is 5.97 Å².